The van der Waals surface area contributed by atoms with E-state index in [2.05, 4.69) is 0 Å². The first-order chi connectivity index (χ1) is 11.6. The maximum absolute atomic E-state index is 13.3. The monoisotopic (exact) mass is 348 g/mol. The molecule has 0 bridgehead atoms. The number of hydrogen-bond donors (Lipinski definition) is 1. The zero-order chi connectivity index (χ0) is 18.9. The summed E-state index contributed by atoms with van der Waals surface area (Å²) in [4.78, 5) is 38.6. The van der Waals surface area contributed by atoms with Crippen LogP contribution in [-0.4, -0.2) is 32.9 Å². The van der Waals surface area contributed by atoms with Crippen molar-refractivity contribution < 1.29 is 9.18 Å². The Bertz CT molecular complexity index is 932. The number of Topliss-reactive ketones (excluding diaryl/α,β-unsaturated/α-hetero) is 1. The second kappa shape index (κ2) is 7.02. The fraction of sp³-hybridized carbons (Fsp3) is 0.353. The van der Waals surface area contributed by atoms with Crippen molar-refractivity contribution >= 4 is 11.6 Å². The van der Waals surface area contributed by atoms with Crippen LogP contribution in [0.4, 0.5) is 10.2 Å². The Kier molecular flexibility index (Phi) is 5.22. The third-order valence-electron chi connectivity index (χ3n) is 4.32. The summed E-state index contributed by atoms with van der Waals surface area (Å²) in [6.45, 7) is 1.95. The van der Waals surface area contributed by atoms with Gasteiger partial charge in [0.25, 0.3) is 5.56 Å². The normalized spacial score (nSPS) is 12.4. The van der Waals surface area contributed by atoms with Crippen LogP contribution in [0.3, 0.4) is 0 Å². The molecular weight excluding hydrogens is 327 g/mol. The lowest BCUT2D eigenvalue weighted by molar-refractivity contribution is 0.0860. The predicted molar refractivity (Wildman–Crippen MR) is 93.0 cm³/mol. The highest BCUT2D eigenvalue weighted by Gasteiger charge is 2.27. The number of likely N-dealkylation sites (N-methyl/N-ethyl adjacent to an activating group) is 1. The van der Waals surface area contributed by atoms with Crippen molar-refractivity contribution in [1.29, 1.82) is 0 Å². The number of carbonyl (C=O) groups excluding carboxylic acids is 1. The zero-order valence-corrected chi connectivity index (χ0v) is 14.6. The van der Waals surface area contributed by atoms with Gasteiger partial charge in [-0.2, -0.15) is 0 Å². The van der Waals surface area contributed by atoms with E-state index in [0.717, 1.165) is 9.13 Å². The molecule has 2 N–H and O–H groups in total. The van der Waals surface area contributed by atoms with Gasteiger partial charge in [-0.1, -0.05) is 12.1 Å². The molecule has 0 radical (unpaired) electrons. The van der Waals surface area contributed by atoms with E-state index in [-0.39, 0.29) is 17.2 Å². The number of ketones is 1. The number of benzene rings is 1. The molecule has 25 heavy (non-hydrogen) atoms. The topological polar surface area (TPSA) is 90.3 Å². The van der Waals surface area contributed by atoms with Crippen LogP contribution in [0.25, 0.3) is 0 Å². The van der Waals surface area contributed by atoms with Gasteiger partial charge in [-0.05, 0) is 31.7 Å². The summed E-state index contributed by atoms with van der Waals surface area (Å²) in [6.07, 6.45) is 0. The third-order valence-corrected chi connectivity index (χ3v) is 4.32. The average molecular weight is 348 g/mol. The smallest absolute Gasteiger partial charge is 0.332 e. The second-order valence-electron chi connectivity index (χ2n) is 6.05. The maximum atomic E-state index is 13.3. The minimum atomic E-state index is -0.725. The highest BCUT2D eigenvalue weighted by molar-refractivity contribution is 6.03. The molecule has 0 saturated heterocycles. The zero-order valence-electron chi connectivity index (χ0n) is 14.6. The Morgan fingerprint density at radius 1 is 1.28 bits per heavy atom. The van der Waals surface area contributed by atoms with Gasteiger partial charge in [-0.3, -0.25) is 23.6 Å². The summed E-state index contributed by atoms with van der Waals surface area (Å²) in [5.74, 6) is -1.02. The summed E-state index contributed by atoms with van der Waals surface area (Å²) in [7, 11) is 4.38. The molecule has 0 aliphatic rings. The third kappa shape index (κ3) is 3.53. The highest BCUT2D eigenvalue weighted by Crippen LogP contribution is 2.13. The molecule has 2 rings (SSSR count). The number of halogens is 1. The van der Waals surface area contributed by atoms with Crippen LogP contribution < -0.4 is 17.0 Å². The molecule has 1 aromatic heterocycles. The second-order valence-corrected chi connectivity index (χ2v) is 6.05. The van der Waals surface area contributed by atoms with Gasteiger partial charge < -0.3 is 5.73 Å². The Balaban J connectivity index is 2.34. The predicted octanol–water partition coefficient (Wildman–Crippen LogP) is 0.509. The van der Waals surface area contributed by atoms with Crippen molar-refractivity contribution in [3.63, 3.8) is 0 Å². The van der Waals surface area contributed by atoms with Crippen molar-refractivity contribution in [2.75, 3.05) is 12.8 Å². The van der Waals surface area contributed by atoms with E-state index in [1.807, 2.05) is 0 Å². The van der Waals surface area contributed by atoms with Crippen LogP contribution in [0, 0.1) is 5.82 Å². The molecular formula is C17H21FN4O3. The maximum Gasteiger partial charge on any atom is 0.332 e. The fourth-order valence-corrected chi connectivity index (χ4v) is 2.56. The largest absolute Gasteiger partial charge is 0.384 e. The lowest BCUT2D eigenvalue weighted by atomic mass is 10.1. The van der Waals surface area contributed by atoms with Gasteiger partial charge in [0.1, 0.15) is 17.2 Å². The Morgan fingerprint density at radius 3 is 2.52 bits per heavy atom. The van der Waals surface area contributed by atoms with Crippen molar-refractivity contribution in [2.24, 2.45) is 14.1 Å². The Hall–Kier alpha value is -2.74. The molecule has 0 fully saturated rings. The summed E-state index contributed by atoms with van der Waals surface area (Å²) in [6, 6.07) is 5.37. The molecule has 8 heteroatoms. The van der Waals surface area contributed by atoms with E-state index in [9.17, 15) is 18.8 Å². The Morgan fingerprint density at radius 2 is 1.92 bits per heavy atom. The van der Waals surface area contributed by atoms with Crippen LogP contribution in [0.2, 0.25) is 0 Å². The first-order valence-electron chi connectivity index (χ1n) is 7.69. The molecule has 0 spiro atoms. The van der Waals surface area contributed by atoms with Crippen molar-refractivity contribution in [3.05, 3.63) is 62.0 Å². The fourth-order valence-electron chi connectivity index (χ4n) is 2.56. The lowest BCUT2D eigenvalue weighted by Crippen LogP contribution is -2.45. The molecule has 2 aromatic rings. The molecule has 1 aromatic carbocycles. The molecule has 0 unspecified atom stereocenters. The van der Waals surface area contributed by atoms with Crippen LogP contribution in [0.1, 0.15) is 22.8 Å². The number of hydrogen-bond acceptors (Lipinski definition) is 5. The van der Waals surface area contributed by atoms with Crippen molar-refractivity contribution in [1.82, 2.24) is 14.0 Å². The molecule has 1 atom stereocenters. The Labute approximate surface area is 144 Å². The van der Waals surface area contributed by atoms with E-state index in [1.165, 1.54) is 26.2 Å². The molecule has 0 aliphatic heterocycles. The summed E-state index contributed by atoms with van der Waals surface area (Å²) < 4.78 is 15.2. The van der Waals surface area contributed by atoms with E-state index in [1.54, 1.807) is 31.0 Å². The van der Waals surface area contributed by atoms with E-state index >= 15 is 0 Å². The summed E-state index contributed by atoms with van der Waals surface area (Å²) >= 11 is 0. The van der Waals surface area contributed by atoms with Crippen molar-refractivity contribution in [2.45, 2.75) is 19.5 Å². The first kappa shape index (κ1) is 18.6. The van der Waals surface area contributed by atoms with Gasteiger partial charge in [-0.25, -0.2) is 9.18 Å². The van der Waals surface area contributed by atoms with Crippen LogP contribution in [0.5, 0.6) is 0 Å². The van der Waals surface area contributed by atoms with Gasteiger partial charge in [0.15, 0.2) is 5.78 Å². The minimum Gasteiger partial charge on any atom is -0.384 e. The summed E-state index contributed by atoms with van der Waals surface area (Å²) in [5, 5.41) is 0. The van der Waals surface area contributed by atoms with E-state index in [0.29, 0.717) is 12.1 Å². The SMILES string of the molecule is C[C@H](C(=O)c1c(N)n(C)c(=O)n(C)c1=O)N(C)Cc1cccc(F)c1. The first-order valence-corrected chi connectivity index (χ1v) is 7.69. The lowest BCUT2D eigenvalue weighted by Gasteiger charge is -2.24. The van der Waals surface area contributed by atoms with Gasteiger partial charge in [-0.15, -0.1) is 0 Å². The number of rotatable bonds is 5. The number of nitrogens with zero attached hydrogens (tertiary/aromatic N) is 3. The number of carbonyl (C=O) groups is 1. The van der Waals surface area contributed by atoms with E-state index in [4.69, 9.17) is 5.73 Å². The number of aromatic nitrogens is 2. The van der Waals surface area contributed by atoms with Crippen LogP contribution in [-0.2, 0) is 20.6 Å². The molecule has 1 heterocycles. The van der Waals surface area contributed by atoms with E-state index < -0.39 is 23.1 Å². The molecule has 0 saturated carbocycles. The average Bonchev–Trinajstić information content (AvgIpc) is 2.57. The van der Waals surface area contributed by atoms with Gasteiger partial charge in [0, 0.05) is 20.6 Å². The molecule has 0 amide bonds. The number of anilines is 1. The quantitative estimate of drug-likeness (QED) is 0.795. The number of nitrogens with two attached hydrogens (primary N) is 1. The minimum absolute atomic E-state index is 0.163. The van der Waals surface area contributed by atoms with Crippen molar-refractivity contribution in [3.8, 4) is 0 Å². The highest BCUT2D eigenvalue weighted by atomic mass is 19.1. The van der Waals surface area contributed by atoms with Crippen LogP contribution in [0.15, 0.2) is 33.9 Å². The van der Waals surface area contributed by atoms with Gasteiger partial charge >= 0.3 is 5.69 Å². The molecule has 134 valence electrons. The van der Waals surface area contributed by atoms with Gasteiger partial charge in [0.05, 0.1) is 6.04 Å². The number of nitrogen functional groups attached to an aromatic ring is 1. The summed E-state index contributed by atoms with van der Waals surface area (Å²) in [5.41, 5.74) is 4.98. The van der Waals surface area contributed by atoms with Crippen LogP contribution >= 0.6 is 0 Å². The van der Waals surface area contributed by atoms with Gasteiger partial charge in [0.2, 0.25) is 0 Å². The standard InChI is InChI=1S/C17H21FN4O3/c1-10(20(2)9-11-6-5-7-12(18)8-11)14(23)13-15(19)21(3)17(25)22(4)16(13)24/h5-8,10H,9,19H2,1-4H3/t10-/m1/s1. The molecule has 0 aliphatic carbocycles. The molecule has 7 nitrogen and oxygen atoms in total.